The highest BCUT2D eigenvalue weighted by atomic mass is 32.1. The summed E-state index contributed by atoms with van der Waals surface area (Å²) < 4.78 is 5.08. The van der Waals surface area contributed by atoms with E-state index in [0.29, 0.717) is 23.7 Å². The number of hydrogen-bond acceptors (Lipinski definition) is 2. The zero-order chi connectivity index (χ0) is 8.85. The second-order valence-corrected chi connectivity index (χ2v) is 3.27. The minimum Gasteiger partial charge on any atom is -0.471 e. The maximum absolute atomic E-state index is 5.08. The molecule has 0 spiro atoms. The Morgan fingerprint density at radius 2 is 2.00 bits per heavy atom. The van der Waals surface area contributed by atoms with Crippen LogP contribution in [0.3, 0.4) is 0 Å². The van der Waals surface area contributed by atoms with Crippen LogP contribution in [-0.2, 0) is 4.74 Å². The van der Waals surface area contributed by atoms with Gasteiger partial charge in [0.2, 0.25) is 0 Å². The van der Waals surface area contributed by atoms with E-state index in [2.05, 4.69) is 26.1 Å². The van der Waals surface area contributed by atoms with Gasteiger partial charge >= 0.3 is 0 Å². The summed E-state index contributed by atoms with van der Waals surface area (Å²) >= 11 is 4.92. The lowest BCUT2D eigenvalue weighted by atomic mass is 10.1. The van der Waals surface area contributed by atoms with E-state index < -0.39 is 0 Å². The molecule has 0 bridgehead atoms. The van der Waals surface area contributed by atoms with Gasteiger partial charge in [0.1, 0.15) is 0 Å². The predicted molar refractivity (Wildman–Crippen MR) is 51.7 cm³/mol. The Balaban J connectivity index is 3.57. The van der Waals surface area contributed by atoms with E-state index in [1.165, 1.54) is 0 Å². The first kappa shape index (κ1) is 10.7. The fraction of sp³-hybridized carbons (Fsp3) is 0.875. The normalized spacial score (nSPS) is 12.8. The molecule has 0 saturated carbocycles. The highest BCUT2D eigenvalue weighted by Crippen LogP contribution is 1.99. The summed E-state index contributed by atoms with van der Waals surface area (Å²) in [5.74, 6) is 0.577. The van der Waals surface area contributed by atoms with E-state index in [9.17, 15) is 0 Å². The lowest BCUT2D eigenvalue weighted by Crippen LogP contribution is -2.36. The molecule has 11 heavy (non-hydrogen) atoms. The Hall–Kier alpha value is -0.310. The Morgan fingerprint density at radius 3 is 2.36 bits per heavy atom. The lowest BCUT2D eigenvalue weighted by molar-refractivity contribution is 0.308. The third kappa shape index (κ3) is 5.01. The van der Waals surface area contributed by atoms with E-state index in [-0.39, 0.29) is 0 Å². The molecular weight excluding hydrogens is 158 g/mol. The van der Waals surface area contributed by atoms with Crippen molar-refractivity contribution in [3.63, 3.8) is 0 Å². The number of rotatable bonds is 3. The van der Waals surface area contributed by atoms with Crippen LogP contribution in [0.15, 0.2) is 0 Å². The highest BCUT2D eigenvalue weighted by Gasteiger charge is 2.07. The maximum Gasteiger partial charge on any atom is 0.256 e. The van der Waals surface area contributed by atoms with Gasteiger partial charge in [-0.15, -0.1) is 0 Å². The van der Waals surface area contributed by atoms with Crippen LogP contribution in [0.25, 0.3) is 0 Å². The molecule has 0 saturated heterocycles. The van der Waals surface area contributed by atoms with Crippen molar-refractivity contribution in [3.05, 3.63) is 0 Å². The molecule has 0 rings (SSSR count). The van der Waals surface area contributed by atoms with Crippen molar-refractivity contribution in [2.24, 2.45) is 5.92 Å². The molecular formula is C8H17NOS. The van der Waals surface area contributed by atoms with Crippen LogP contribution in [0.5, 0.6) is 0 Å². The molecule has 0 aliphatic carbocycles. The topological polar surface area (TPSA) is 21.3 Å². The van der Waals surface area contributed by atoms with Crippen molar-refractivity contribution in [2.45, 2.75) is 33.7 Å². The van der Waals surface area contributed by atoms with Gasteiger partial charge in [-0.05, 0) is 32.0 Å². The fourth-order valence-corrected chi connectivity index (χ4v) is 0.829. The van der Waals surface area contributed by atoms with Crippen molar-refractivity contribution in [2.75, 3.05) is 6.61 Å². The van der Waals surface area contributed by atoms with Crippen LogP contribution >= 0.6 is 12.2 Å². The average Bonchev–Trinajstić information content (AvgIpc) is 1.87. The van der Waals surface area contributed by atoms with Crippen molar-refractivity contribution < 1.29 is 4.74 Å². The van der Waals surface area contributed by atoms with Crippen LogP contribution in [0.2, 0.25) is 0 Å². The summed E-state index contributed by atoms with van der Waals surface area (Å²) in [5.41, 5.74) is 0. The molecule has 3 heteroatoms. The zero-order valence-electron chi connectivity index (χ0n) is 7.68. The molecule has 0 radical (unpaired) electrons. The SMILES string of the molecule is CCOC(=S)NC(C)C(C)C. The third-order valence-electron chi connectivity index (χ3n) is 1.62. The fourth-order valence-electron chi connectivity index (χ4n) is 0.525. The molecule has 0 fully saturated rings. The quantitative estimate of drug-likeness (QED) is 0.662. The van der Waals surface area contributed by atoms with Gasteiger partial charge in [0.05, 0.1) is 6.61 Å². The van der Waals surface area contributed by atoms with Crippen LogP contribution in [-0.4, -0.2) is 17.8 Å². The summed E-state index contributed by atoms with van der Waals surface area (Å²) in [5, 5.41) is 3.60. The minimum absolute atomic E-state index is 0.383. The average molecular weight is 175 g/mol. The van der Waals surface area contributed by atoms with Gasteiger partial charge in [-0.3, -0.25) is 0 Å². The minimum atomic E-state index is 0.383. The van der Waals surface area contributed by atoms with Gasteiger partial charge < -0.3 is 10.1 Å². The smallest absolute Gasteiger partial charge is 0.256 e. The second kappa shape index (κ2) is 5.35. The summed E-state index contributed by atoms with van der Waals surface area (Å²) in [6.45, 7) is 8.94. The standard InChI is InChI=1S/C8H17NOS/c1-5-10-8(11)9-7(4)6(2)3/h6-7H,5H2,1-4H3,(H,9,11). The first-order chi connectivity index (χ1) is 5.07. The summed E-state index contributed by atoms with van der Waals surface area (Å²) in [4.78, 5) is 0. The van der Waals surface area contributed by atoms with E-state index >= 15 is 0 Å². The van der Waals surface area contributed by atoms with Gasteiger partial charge in [0.25, 0.3) is 5.17 Å². The highest BCUT2D eigenvalue weighted by molar-refractivity contribution is 7.80. The molecule has 0 heterocycles. The van der Waals surface area contributed by atoms with Gasteiger partial charge in [-0.2, -0.15) is 0 Å². The van der Waals surface area contributed by atoms with Gasteiger partial charge in [-0.1, -0.05) is 13.8 Å². The van der Waals surface area contributed by atoms with Gasteiger partial charge in [0, 0.05) is 6.04 Å². The van der Waals surface area contributed by atoms with Crippen molar-refractivity contribution in [1.29, 1.82) is 0 Å². The molecule has 0 aliphatic rings. The largest absolute Gasteiger partial charge is 0.471 e. The number of thiocarbonyl (C=S) groups is 1. The van der Waals surface area contributed by atoms with Crippen LogP contribution < -0.4 is 5.32 Å². The second-order valence-electron chi connectivity index (χ2n) is 2.90. The molecule has 0 amide bonds. The molecule has 0 aromatic heterocycles. The van der Waals surface area contributed by atoms with Crippen LogP contribution in [0.1, 0.15) is 27.7 Å². The van der Waals surface area contributed by atoms with E-state index in [4.69, 9.17) is 17.0 Å². The van der Waals surface area contributed by atoms with E-state index in [1.54, 1.807) is 0 Å². The third-order valence-corrected chi connectivity index (χ3v) is 1.86. The Bertz CT molecular complexity index is 125. The van der Waals surface area contributed by atoms with Gasteiger partial charge in [-0.25, -0.2) is 0 Å². The Kier molecular flexibility index (Phi) is 5.20. The Morgan fingerprint density at radius 1 is 1.45 bits per heavy atom. The van der Waals surface area contributed by atoms with E-state index in [0.717, 1.165) is 0 Å². The number of hydrogen-bond donors (Lipinski definition) is 1. The summed E-state index contributed by atoms with van der Waals surface area (Å²) in [7, 11) is 0. The lowest BCUT2D eigenvalue weighted by Gasteiger charge is -2.18. The van der Waals surface area contributed by atoms with E-state index in [1.807, 2.05) is 6.92 Å². The van der Waals surface area contributed by atoms with Crippen LogP contribution in [0, 0.1) is 5.92 Å². The molecule has 1 atom stereocenters. The molecule has 0 aromatic rings. The molecule has 2 nitrogen and oxygen atoms in total. The van der Waals surface area contributed by atoms with Crippen molar-refractivity contribution in [1.82, 2.24) is 5.32 Å². The molecule has 1 unspecified atom stereocenters. The number of nitrogens with one attached hydrogen (secondary N) is 1. The van der Waals surface area contributed by atoms with Crippen LogP contribution in [0.4, 0.5) is 0 Å². The first-order valence-corrected chi connectivity index (χ1v) is 4.42. The maximum atomic E-state index is 5.08. The summed E-state index contributed by atoms with van der Waals surface area (Å²) in [6, 6.07) is 0.383. The molecule has 0 aliphatic heterocycles. The molecule has 0 aromatic carbocycles. The van der Waals surface area contributed by atoms with Gasteiger partial charge in [0.15, 0.2) is 0 Å². The molecule has 66 valence electrons. The van der Waals surface area contributed by atoms with Crippen molar-refractivity contribution >= 4 is 17.4 Å². The first-order valence-electron chi connectivity index (χ1n) is 4.01. The van der Waals surface area contributed by atoms with Crippen molar-refractivity contribution in [3.8, 4) is 0 Å². The summed E-state index contributed by atoms with van der Waals surface area (Å²) in [6.07, 6.45) is 0. The molecule has 1 N–H and O–H groups in total. The number of ether oxygens (including phenoxy) is 1. The predicted octanol–water partition coefficient (Wildman–Crippen LogP) is 1.94. The monoisotopic (exact) mass is 175 g/mol. The zero-order valence-corrected chi connectivity index (χ0v) is 8.49. The Labute approximate surface area is 74.3 Å².